The summed E-state index contributed by atoms with van der Waals surface area (Å²) in [4.78, 5) is 12.6. The first kappa shape index (κ1) is 18.7. The first-order chi connectivity index (χ1) is 11.0. The molecule has 0 saturated carbocycles. The van der Waals surface area contributed by atoms with Crippen molar-refractivity contribution in [3.63, 3.8) is 0 Å². The molecule has 2 heterocycles. The quantitative estimate of drug-likeness (QED) is 0.482. The minimum absolute atomic E-state index is 0.109. The third-order valence-corrected chi connectivity index (χ3v) is 5.68. The van der Waals surface area contributed by atoms with Gasteiger partial charge >= 0.3 is 0 Å². The minimum Gasteiger partial charge on any atom is -0.359 e. The Morgan fingerprint density at radius 1 is 1.17 bits per heavy atom. The van der Waals surface area contributed by atoms with Crippen molar-refractivity contribution in [2.45, 2.75) is 90.4 Å². The normalized spacial score (nSPS) is 31.9. The van der Waals surface area contributed by atoms with E-state index >= 15 is 0 Å². The molecule has 5 nitrogen and oxygen atoms in total. The molecular weight excluding hydrogens is 292 g/mol. The third kappa shape index (κ3) is 3.89. The molecule has 0 aromatic heterocycles. The van der Waals surface area contributed by atoms with Gasteiger partial charge in [-0.2, -0.15) is 0 Å². The second-order valence-electron chi connectivity index (χ2n) is 7.16. The third-order valence-electron chi connectivity index (χ3n) is 5.68. The summed E-state index contributed by atoms with van der Waals surface area (Å²) in [6.45, 7) is 9.13. The van der Waals surface area contributed by atoms with Crippen molar-refractivity contribution in [3.8, 4) is 0 Å². The van der Waals surface area contributed by atoms with Gasteiger partial charge in [-0.25, -0.2) is 5.01 Å². The van der Waals surface area contributed by atoms with E-state index < -0.39 is 0 Å². The maximum Gasteiger partial charge on any atom is 0.268 e. The van der Waals surface area contributed by atoms with Crippen molar-refractivity contribution in [2.75, 3.05) is 13.9 Å². The minimum atomic E-state index is -0.329. The van der Waals surface area contributed by atoms with Gasteiger partial charge in [0.15, 0.2) is 6.10 Å². The van der Waals surface area contributed by atoms with Gasteiger partial charge in [0.2, 0.25) is 0 Å². The molecule has 2 rings (SSSR count). The maximum atomic E-state index is 12.6. The van der Waals surface area contributed by atoms with Gasteiger partial charge < -0.3 is 9.47 Å². The van der Waals surface area contributed by atoms with E-state index in [-0.39, 0.29) is 24.8 Å². The van der Waals surface area contributed by atoms with E-state index in [1.165, 1.54) is 12.8 Å². The number of hydrazine groups is 1. The first-order valence-corrected chi connectivity index (χ1v) is 9.26. The Bertz CT molecular complexity index is 376. The summed E-state index contributed by atoms with van der Waals surface area (Å²) in [6.07, 6.45) is 6.58. The Morgan fingerprint density at radius 2 is 1.78 bits per heavy atom. The molecule has 2 saturated heterocycles. The van der Waals surface area contributed by atoms with Gasteiger partial charge in [0.25, 0.3) is 5.91 Å². The largest absolute Gasteiger partial charge is 0.359 e. The molecule has 2 aliphatic rings. The Balaban J connectivity index is 2.04. The molecule has 0 aromatic rings. The smallest absolute Gasteiger partial charge is 0.268 e. The predicted octanol–water partition coefficient (Wildman–Crippen LogP) is 3.19. The van der Waals surface area contributed by atoms with Crippen LogP contribution in [-0.2, 0) is 14.3 Å². The number of rotatable bonds is 9. The van der Waals surface area contributed by atoms with Gasteiger partial charge in [-0.15, -0.1) is 0 Å². The fraction of sp³-hybridized carbons (Fsp3) is 0.944. The summed E-state index contributed by atoms with van der Waals surface area (Å²) in [6, 6.07) is 1.04. The average molecular weight is 326 g/mol. The highest BCUT2D eigenvalue weighted by Crippen LogP contribution is 2.36. The molecule has 0 aliphatic carbocycles. The molecule has 5 heteroatoms. The van der Waals surface area contributed by atoms with Gasteiger partial charge in [-0.05, 0) is 45.4 Å². The lowest BCUT2D eigenvalue weighted by Gasteiger charge is -2.53. The van der Waals surface area contributed by atoms with Gasteiger partial charge in [0.1, 0.15) is 6.79 Å². The Labute approximate surface area is 141 Å². The van der Waals surface area contributed by atoms with Crippen LogP contribution >= 0.6 is 0 Å². The van der Waals surface area contributed by atoms with Crippen molar-refractivity contribution < 1.29 is 14.3 Å². The van der Waals surface area contributed by atoms with Crippen LogP contribution in [0.2, 0.25) is 0 Å². The maximum absolute atomic E-state index is 12.6. The standard InChI is InChI=1S/C18H34N2O3/c1-6-15(7-2)10-11-16-17(23-12-22-5)18(21)20(16)19-13(3)8-9-14(19)4/h13-17H,6-12H2,1-5H3/t13-,14-,16+,17-/m1/s1. The molecule has 0 unspecified atom stereocenters. The van der Waals surface area contributed by atoms with E-state index in [4.69, 9.17) is 9.47 Å². The molecule has 0 spiro atoms. The zero-order valence-corrected chi connectivity index (χ0v) is 15.5. The van der Waals surface area contributed by atoms with Gasteiger partial charge in [-0.1, -0.05) is 26.7 Å². The lowest BCUT2D eigenvalue weighted by Crippen LogP contribution is -2.72. The second-order valence-corrected chi connectivity index (χ2v) is 7.16. The molecule has 23 heavy (non-hydrogen) atoms. The number of nitrogens with zero attached hydrogens (tertiary/aromatic N) is 2. The molecule has 0 N–H and O–H groups in total. The van der Waals surface area contributed by atoms with E-state index in [0.29, 0.717) is 12.1 Å². The van der Waals surface area contributed by atoms with Crippen LogP contribution in [-0.4, -0.2) is 54.1 Å². The van der Waals surface area contributed by atoms with Crippen LogP contribution in [0.3, 0.4) is 0 Å². The molecule has 0 bridgehead atoms. The Morgan fingerprint density at radius 3 is 2.30 bits per heavy atom. The van der Waals surface area contributed by atoms with Crippen LogP contribution in [0.1, 0.15) is 66.2 Å². The molecule has 4 atom stereocenters. The number of methoxy groups -OCH3 is 1. The van der Waals surface area contributed by atoms with Crippen molar-refractivity contribution in [1.29, 1.82) is 0 Å². The first-order valence-electron chi connectivity index (χ1n) is 9.26. The van der Waals surface area contributed by atoms with E-state index in [0.717, 1.165) is 31.6 Å². The molecule has 1 amide bonds. The number of ether oxygens (including phenoxy) is 2. The number of carbonyl (C=O) groups excluding carboxylic acids is 1. The van der Waals surface area contributed by atoms with Gasteiger partial charge in [0.05, 0.1) is 6.04 Å². The van der Waals surface area contributed by atoms with Crippen LogP contribution in [0.4, 0.5) is 0 Å². The number of carbonyl (C=O) groups is 1. The highest BCUT2D eigenvalue weighted by atomic mass is 16.7. The topological polar surface area (TPSA) is 42.0 Å². The lowest BCUT2D eigenvalue weighted by molar-refractivity contribution is -0.230. The molecule has 134 valence electrons. The van der Waals surface area contributed by atoms with Crippen LogP contribution in [0.15, 0.2) is 0 Å². The Hall–Kier alpha value is -0.650. The van der Waals surface area contributed by atoms with E-state index in [9.17, 15) is 4.79 Å². The van der Waals surface area contributed by atoms with E-state index in [2.05, 4.69) is 32.7 Å². The van der Waals surface area contributed by atoms with Gasteiger partial charge in [-0.3, -0.25) is 9.80 Å². The summed E-state index contributed by atoms with van der Waals surface area (Å²) < 4.78 is 10.7. The van der Waals surface area contributed by atoms with Crippen molar-refractivity contribution in [3.05, 3.63) is 0 Å². The van der Waals surface area contributed by atoms with Crippen molar-refractivity contribution in [1.82, 2.24) is 10.0 Å². The number of amides is 1. The van der Waals surface area contributed by atoms with Gasteiger partial charge in [0, 0.05) is 19.2 Å². The fourth-order valence-electron chi connectivity index (χ4n) is 4.10. The van der Waals surface area contributed by atoms with Crippen LogP contribution in [0.25, 0.3) is 0 Å². The SMILES string of the molecule is CCC(CC)CC[C@H]1[C@@H](OCOC)C(=O)N1N1[C@H](C)CC[C@H]1C. The predicted molar refractivity (Wildman–Crippen MR) is 90.7 cm³/mol. The van der Waals surface area contributed by atoms with Crippen LogP contribution in [0.5, 0.6) is 0 Å². The molecule has 0 aromatic carbocycles. The summed E-state index contributed by atoms with van der Waals surface area (Å²) in [5, 5.41) is 4.30. The highest BCUT2D eigenvalue weighted by Gasteiger charge is 2.53. The number of hydrogen-bond acceptors (Lipinski definition) is 4. The summed E-state index contributed by atoms with van der Waals surface area (Å²) in [7, 11) is 1.60. The van der Waals surface area contributed by atoms with Crippen LogP contribution in [0, 0.1) is 5.92 Å². The molecule has 2 fully saturated rings. The molecule has 2 aliphatic heterocycles. The zero-order valence-electron chi connectivity index (χ0n) is 15.5. The molecular formula is C18H34N2O3. The number of β-lactam (4-membered cyclic amide) rings is 1. The van der Waals surface area contributed by atoms with Crippen molar-refractivity contribution in [2.24, 2.45) is 5.92 Å². The Kier molecular flexibility index (Phi) is 6.86. The zero-order chi connectivity index (χ0) is 17.0. The number of hydrogen-bond donors (Lipinski definition) is 0. The van der Waals surface area contributed by atoms with Crippen LogP contribution < -0.4 is 0 Å². The van der Waals surface area contributed by atoms with E-state index in [1.807, 2.05) is 5.01 Å². The molecule has 0 radical (unpaired) electrons. The summed E-state index contributed by atoms with van der Waals surface area (Å²) >= 11 is 0. The lowest BCUT2D eigenvalue weighted by atomic mass is 9.89. The second kappa shape index (κ2) is 8.45. The highest BCUT2D eigenvalue weighted by molar-refractivity contribution is 5.88. The summed E-state index contributed by atoms with van der Waals surface area (Å²) in [5.74, 6) is 0.848. The fourth-order valence-corrected chi connectivity index (χ4v) is 4.10. The van der Waals surface area contributed by atoms with E-state index in [1.54, 1.807) is 7.11 Å². The van der Waals surface area contributed by atoms with Crippen molar-refractivity contribution >= 4 is 5.91 Å². The summed E-state index contributed by atoms with van der Waals surface area (Å²) in [5.41, 5.74) is 0. The average Bonchev–Trinajstić information content (AvgIpc) is 2.87. The monoisotopic (exact) mass is 326 g/mol.